The smallest absolute Gasteiger partial charge is 0.242 e. The fraction of sp³-hybridized carbons (Fsp3) is 0.192. The first-order valence-corrected chi connectivity index (χ1v) is 12.3. The number of benzene rings is 2. The Labute approximate surface area is 209 Å². The number of thiophene rings is 1. The van der Waals surface area contributed by atoms with Crippen LogP contribution in [-0.4, -0.2) is 33.0 Å². The summed E-state index contributed by atoms with van der Waals surface area (Å²) in [7, 11) is 0. The normalized spacial score (nSPS) is 11.1. The van der Waals surface area contributed by atoms with Gasteiger partial charge in [0.05, 0.1) is 17.6 Å². The van der Waals surface area contributed by atoms with Crippen molar-refractivity contribution in [2.45, 2.75) is 26.2 Å². The molecule has 3 heterocycles. The molecule has 0 aliphatic carbocycles. The number of nitrogens with zero attached hydrogens (tertiary/aromatic N) is 3. The number of unbranched alkanes of at least 4 members (excludes halogenated alkanes) is 1. The summed E-state index contributed by atoms with van der Waals surface area (Å²) in [5, 5.41) is 15.8. The number of carbonyl (C=O) groups excluding carboxylic acids is 1. The molecule has 0 fully saturated rings. The third-order valence-electron chi connectivity index (χ3n) is 5.75. The van der Waals surface area contributed by atoms with E-state index in [9.17, 15) is 9.59 Å². The van der Waals surface area contributed by atoms with Crippen LogP contribution < -0.4 is 15.9 Å². The fourth-order valence-corrected chi connectivity index (χ4v) is 4.71. The highest BCUT2D eigenvalue weighted by Crippen LogP contribution is 2.29. The zero-order valence-corrected chi connectivity index (χ0v) is 20.3. The number of nitrogen functional groups attached to an aromatic ring is 1. The van der Waals surface area contributed by atoms with E-state index in [2.05, 4.69) is 38.1 Å². The average molecular weight is 502 g/mol. The van der Waals surface area contributed by atoms with Gasteiger partial charge in [-0.1, -0.05) is 6.07 Å². The molecule has 2 aromatic carbocycles. The second kappa shape index (κ2) is 10.1. The molecular formula is C26H23N5O4S. The van der Waals surface area contributed by atoms with Crippen LogP contribution in [0.15, 0.2) is 63.1 Å². The zero-order valence-electron chi connectivity index (χ0n) is 19.5. The maximum atomic E-state index is 13.4. The van der Waals surface area contributed by atoms with Gasteiger partial charge >= 0.3 is 0 Å². The number of nitrogens with two attached hydrogens (primary N) is 1. The number of hydrogen-bond acceptors (Lipinski definition) is 9. The monoisotopic (exact) mass is 501 g/mol. The van der Waals surface area contributed by atoms with Crippen LogP contribution in [0.2, 0.25) is 0 Å². The van der Waals surface area contributed by atoms with Crippen molar-refractivity contribution >= 4 is 33.8 Å². The minimum absolute atomic E-state index is 0.0300. The van der Waals surface area contributed by atoms with Crippen molar-refractivity contribution in [3.63, 3.8) is 0 Å². The Balaban J connectivity index is 1.36. The Hall–Kier alpha value is -4.31. The quantitative estimate of drug-likeness (QED) is 0.222. The topological polar surface area (TPSA) is 137 Å². The third kappa shape index (κ3) is 4.76. The second-order valence-corrected chi connectivity index (χ2v) is 9.37. The number of aryl methyl sites for hydroxylation is 2. The number of anilines is 1. The van der Waals surface area contributed by atoms with Gasteiger partial charge in [0.1, 0.15) is 17.0 Å². The summed E-state index contributed by atoms with van der Waals surface area (Å²) in [6.45, 7) is 2.40. The van der Waals surface area contributed by atoms with Gasteiger partial charge in [-0.05, 0) is 84.8 Å². The van der Waals surface area contributed by atoms with Crippen LogP contribution >= 0.6 is 11.3 Å². The van der Waals surface area contributed by atoms with Crippen molar-refractivity contribution in [2.75, 3.05) is 12.3 Å². The molecule has 0 aliphatic rings. The van der Waals surface area contributed by atoms with Crippen LogP contribution in [0, 0.1) is 6.92 Å². The summed E-state index contributed by atoms with van der Waals surface area (Å²) in [5.74, 6) is 0.387. The van der Waals surface area contributed by atoms with Crippen molar-refractivity contribution in [2.24, 2.45) is 0 Å². The summed E-state index contributed by atoms with van der Waals surface area (Å²) in [5.41, 5.74) is 6.92. The van der Waals surface area contributed by atoms with Crippen LogP contribution in [0.3, 0.4) is 0 Å². The number of carbonyl (C=O) groups is 1. The minimum atomic E-state index is -0.461. The number of aromatic nitrogens is 4. The van der Waals surface area contributed by atoms with Gasteiger partial charge < -0.3 is 14.9 Å². The van der Waals surface area contributed by atoms with E-state index in [1.54, 1.807) is 54.7 Å². The standard InChI is InChI=1S/C26H23N5O4S/c1-15-13-19(24-20(14-15)23(33)21(27)25(35-24)26-28-30-31-29-26)22(32)16-7-9-17(10-8-16)34-11-3-2-5-18-6-4-12-36-18/h4,6-10,12-14H,2-3,5,11,27H2,1H3,(H,28,29,30,31). The van der Waals surface area contributed by atoms with E-state index >= 15 is 0 Å². The van der Waals surface area contributed by atoms with Crippen molar-refractivity contribution in [1.82, 2.24) is 20.6 Å². The molecular weight excluding hydrogens is 478 g/mol. The molecule has 5 rings (SSSR count). The first-order valence-electron chi connectivity index (χ1n) is 11.4. The number of tetrazole rings is 1. The highest BCUT2D eigenvalue weighted by atomic mass is 32.1. The van der Waals surface area contributed by atoms with E-state index < -0.39 is 5.43 Å². The lowest BCUT2D eigenvalue weighted by atomic mass is 9.98. The predicted octanol–water partition coefficient (Wildman–Crippen LogP) is 4.56. The van der Waals surface area contributed by atoms with Crippen LogP contribution in [0.5, 0.6) is 5.75 Å². The minimum Gasteiger partial charge on any atom is -0.494 e. The number of fused-ring (bicyclic) bond motifs is 1. The molecule has 36 heavy (non-hydrogen) atoms. The van der Waals surface area contributed by atoms with E-state index in [-0.39, 0.29) is 39.6 Å². The number of hydrogen-bond donors (Lipinski definition) is 2. The second-order valence-electron chi connectivity index (χ2n) is 8.34. The van der Waals surface area contributed by atoms with Crippen molar-refractivity contribution in [3.05, 3.63) is 85.7 Å². The van der Waals surface area contributed by atoms with Gasteiger partial charge in [0.2, 0.25) is 17.0 Å². The maximum absolute atomic E-state index is 13.4. The summed E-state index contributed by atoms with van der Waals surface area (Å²) in [6.07, 6.45) is 3.05. The van der Waals surface area contributed by atoms with Gasteiger partial charge in [-0.25, -0.2) is 0 Å². The Kier molecular flexibility index (Phi) is 6.59. The first-order chi connectivity index (χ1) is 17.5. The number of H-pyrrole nitrogens is 1. The van der Waals surface area contributed by atoms with E-state index in [4.69, 9.17) is 14.9 Å². The Morgan fingerprint density at radius 2 is 2.00 bits per heavy atom. The van der Waals surface area contributed by atoms with Crippen molar-refractivity contribution in [1.29, 1.82) is 0 Å². The Morgan fingerprint density at radius 3 is 2.72 bits per heavy atom. The van der Waals surface area contributed by atoms with E-state index in [1.165, 1.54) is 4.88 Å². The summed E-state index contributed by atoms with van der Waals surface area (Å²) >= 11 is 1.77. The molecule has 10 heteroatoms. The van der Waals surface area contributed by atoms with Gasteiger partial charge in [-0.15, -0.1) is 21.5 Å². The van der Waals surface area contributed by atoms with Gasteiger partial charge in [-0.3, -0.25) is 9.59 Å². The molecule has 0 atom stereocenters. The average Bonchev–Trinajstić information content (AvgIpc) is 3.61. The number of ketones is 1. The Bertz CT molecular complexity index is 1560. The Morgan fingerprint density at radius 1 is 1.17 bits per heavy atom. The predicted molar refractivity (Wildman–Crippen MR) is 137 cm³/mol. The maximum Gasteiger partial charge on any atom is 0.242 e. The van der Waals surface area contributed by atoms with E-state index in [1.807, 2.05) is 0 Å². The fourth-order valence-electron chi connectivity index (χ4n) is 3.95. The van der Waals surface area contributed by atoms with Gasteiger partial charge in [-0.2, -0.15) is 5.21 Å². The molecule has 0 saturated heterocycles. The van der Waals surface area contributed by atoms with Gasteiger partial charge in [0.15, 0.2) is 5.78 Å². The SMILES string of the molecule is Cc1cc(C(=O)c2ccc(OCCCCc3cccs3)cc2)c2oc(-c3nn[nH]n3)c(N)c(=O)c2c1. The number of aromatic amines is 1. The van der Waals surface area contributed by atoms with E-state index in [0.717, 1.165) is 24.8 Å². The lowest BCUT2D eigenvalue weighted by Crippen LogP contribution is -2.13. The number of rotatable bonds is 9. The third-order valence-corrected chi connectivity index (χ3v) is 6.68. The molecule has 182 valence electrons. The summed E-state index contributed by atoms with van der Waals surface area (Å²) in [6, 6.07) is 14.5. The van der Waals surface area contributed by atoms with Crippen LogP contribution in [-0.2, 0) is 6.42 Å². The largest absolute Gasteiger partial charge is 0.494 e. The number of ether oxygens (including phenoxy) is 1. The van der Waals surface area contributed by atoms with Crippen LogP contribution in [0.1, 0.15) is 39.2 Å². The molecule has 0 amide bonds. The molecule has 0 aliphatic heterocycles. The molecule has 0 saturated carbocycles. The highest BCUT2D eigenvalue weighted by Gasteiger charge is 2.22. The van der Waals surface area contributed by atoms with Gasteiger partial charge in [0, 0.05) is 10.4 Å². The number of nitrogens with one attached hydrogen (secondary N) is 1. The van der Waals surface area contributed by atoms with Crippen LogP contribution in [0.4, 0.5) is 5.69 Å². The molecule has 5 aromatic rings. The molecule has 0 radical (unpaired) electrons. The molecule has 0 unspecified atom stereocenters. The molecule has 9 nitrogen and oxygen atoms in total. The molecule has 0 bridgehead atoms. The van der Waals surface area contributed by atoms with Crippen molar-refractivity contribution < 1.29 is 13.9 Å². The van der Waals surface area contributed by atoms with Crippen LogP contribution in [0.25, 0.3) is 22.6 Å². The lowest BCUT2D eigenvalue weighted by Gasteiger charge is -2.10. The summed E-state index contributed by atoms with van der Waals surface area (Å²) in [4.78, 5) is 27.8. The molecule has 3 aromatic heterocycles. The highest BCUT2D eigenvalue weighted by molar-refractivity contribution is 7.09. The van der Waals surface area contributed by atoms with Crippen molar-refractivity contribution in [3.8, 4) is 17.3 Å². The molecule has 0 spiro atoms. The zero-order chi connectivity index (χ0) is 25.1. The molecule has 3 N–H and O–H groups in total. The first kappa shape index (κ1) is 23.4. The summed E-state index contributed by atoms with van der Waals surface area (Å²) < 4.78 is 11.8. The lowest BCUT2D eigenvalue weighted by molar-refractivity contribution is 0.103. The van der Waals surface area contributed by atoms with E-state index in [0.29, 0.717) is 17.9 Å². The van der Waals surface area contributed by atoms with Gasteiger partial charge in [0.25, 0.3) is 0 Å².